The summed E-state index contributed by atoms with van der Waals surface area (Å²) in [4.78, 5) is 0. The predicted octanol–water partition coefficient (Wildman–Crippen LogP) is 3.26. The molecule has 96 valence electrons. The van der Waals surface area contributed by atoms with Gasteiger partial charge in [0.25, 0.3) is 0 Å². The molecule has 1 atom stereocenters. The van der Waals surface area contributed by atoms with Crippen molar-refractivity contribution in [2.24, 2.45) is 0 Å². The summed E-state index contributed by atoms with van der Waals surface area (Å²) in [6.45, 7) is 6.76. The number of rotatable bonds is 2. The zero-order valence-electron chi connectivity index (χ0n) is 11.3. The molecular weight excluding hydrogens is 224 g/mol. The Bertz CT molecular complexity index is 476. The summed E-state index contributed by atoms with van der Waals surface area (Å²) in [5.74, 6) is 0. The van der Waals surface area contributed by atoms with Crippen LogP contribution in [0.5, 0.6) is 0 Å². The summed E-state index contributed by atoms with van der Waals surface area (Å²) >= 11 is 0. The second-order valence-corrected chi connectivity index (χ2v) is 5.67. The van der Waals surface area contributed by atoms with E-state index in [1.165, 1.54) is 0 Å². The SMILES string of the molecule is Cc1ccccc1NC1(C#N)CCOC(C)(C)C1. The molecule has 0 aromatic heterocycles. The van der Waals surface area contributed by atoms with Crippen molar-refractivity contribution in [2.45, 2.75) is 44.8 Å². The van der Waals surface area contributed by atoms with E-state index in [1.807, 2.05) is 32.0 Å². The number of ether oxygens (including phenoxy) is 1. The van der Waals surface area contributed by atoms with Crippen LogP contribution in [0.3, 0.4) is 0 Å². The summed E-state index contributed by atoms with van der Waals surface area (Å²) in [7, 11) is 0. The summed E-state index contributed by atoms with van der Waals surface area (Å²) in [6, 6.07) is 10.5. The number of para-hydroxylation sites is 1. The fraction of sp³-hybridized carbons (Fsp3) is 0.533. The molecule has 0 aliphatic carbocycles. The van der Waals surface area contributed by atoms with Gasteiger partial charge in [-0.2, -0.15) is 5.26 Å². The van der Waals surface area contributed by atoms with Crippen molar-refractivity contribution < 1.29 is 4.74 Å². The lowest BCUT2D eigenvalue weighted by atomic mass is 9.82. The van der Waals surface area contributed by atoms with Gasteiger partial charge < -0.3 is 10.1 Å². The molecular formula is C15H20N2O. The molecule has 3 heteroatoms. The van der Waals surface area contributed by atoms with E-state index < -0.39 is 5.54 Å². The molecule has 1 aromatic rings. The van der Waals surface area contributed by atoms with Crippen LogP contribution in [0, 0.1) is 18.3 Å². The molecule has 1 N–H and O–H groups in total. The van der Waals surface area contributed by atoms with Gasteiger partial charge in [-0.15, -0.1) is 0 Å². The third kappa shape index (κ3) is 2.65. The van der Waals surface area contributed by atoms with Gasteiger partial charge in [0.2, 0.25) is 0 Å². The average Bonchev–Trinajstić information content (AvgIpc) is 2.31. The molecule has 1 aliphatic heterocycles. The monoisotopic (exact) mass is 244 g/mol. The lowest BCUT2D eigenvalue weighted by Gasteiger charge is -2.41. The predicted molar refractivity (Wildman–Crippen MR) is 72.4 cm³/mol. The van der Waals surface area contributed by atoms with E-state index in [0.29, 0.717) is 13.0 Å². The zero-order valence-corrected chi connectivity index (χ0v) is 11.3. The van der Waals surface area contributed by atoms with Crippen LogP contribution in [-0.4, -0.2) is 17.7 Å². The van der Waals surface area contributed by atoms with Crippen LogP contribution < -0.4 is 5.32 Å². The van der Waals surface area contributed by atoms with E-state index in [9.17, 15) is 5.26 Å². The molecule has 18 heavy (non-hydrogen) atoms. The van der Waals surface area contributed by atoms with Crippen LogP contribution in [0.15, 0.2) is 24.3 Å². The van der Waals surface area contributed by atoms with E-state index in [-0.39, 0.29) is 5.60 Å². The fourth-order valence-corrected chi connectivity index (χ4v) is 2.57. The molecule has 0 spiro atoms. The Hall–Kier alpha value is -1.53. The van der Waals surface area contributed by atoms with Crippen LogP contribution in [0.4, 0.5) is 5.69 Å². The normalized spacial score (nSPS) is 26.3. The first-order valence-electron chi connectivity index (χ1n) is 6.35. The van der Waals surface area contributed by atoms with Gasteiger partial charge in [-0.3, -0.25) is 0 Å². The van der Waals surface area contributed by atoms with Crippen LogP contribution in [-0.2, 0) is 4.74 Å². The molecule has 1 aliphatic rings. The number of hydrogen-bond acceptors (Lipinski definition) is 3. The lowest BCUT2D eigenvalue weighted by Crippen LogP contribution is -2.49. The maximum Gasteiger partial charge on any atom is 0.130 e. The minimum absolute atomic E-state index is 0.246. The third-order valence-corrected chi connectivity index (χ3v) is 3.48. The largest absolute Gasteiger partial charge is 0.375 e. The van der Waals surface area contributed by atoms with Crippen molar-refractivity contribution in [3.05, 3.63) is 29.8 Å². The molecule has 3 nitrogen and oxygen atoms in total. The van der Waals surface area contributed by atoms with E-state index in [1.54, 1.807) is 0 Å². The van der Waals surface area contributed by atoms with Gasteiger partial charge in [0.05, 0.1) is 18.3 Å². The van der Waals surface area contributed by atoms with Gasteiger partial charge in [-0.1, -0.05) is 18.2 Å². The minimum atomic E-state index is -0.520. The number of nitriles is 1. The van der Waals surface area contributed by atoms with E-state index in [4.69, 9.17) is 4.74 Å². The zero-order chi connectivity index (χ0) is 13.2. The molecule has 2 rings (SSSR count). The standard InChI is InChI=1S/C15H20N2O/c1-12-6-4-5-7-13(12)17-15(11-16)8-9-18-14(2,3)10-15/h4-7,17H,8-10H2,1-3H3. The average molecular weight is 244 g/mol. The second kappa shape index (κ2) is 4.62. The Morgan fingerprint density at radius 2 is 2.06 bits per heavy atom. The molecule has 0 saturated carbocycles. The third-order valence-electron chi connectivity index (χ3n) is 3.48. The fourth-order valence-electron chi connectivity index (χ4n) is 2.57. The smallest absolute Gasteiger partial charge is 0.130 e. The molecule has 0 radical (unpaired) electrons. The number of hydrogen-bond donors (Lipinski definition) is 1. The number of nitrogens with one attached hydrogen (secondary N) is 1. The molecule has 1 aromatic carbocycles. The van der Waals surface area contributed by atoms with Gasteiger partial charge in [-0.25, -0.2) is 0 Å². The summed E-state index contributed by atoms with van der Waals surface area (Å²) in [6.07, 6.45) is 1.42. The van der Waals surface area contributed by atoms with Crippen molar-refractivity contribution in [1.82, 2.24) is 0 Å². The van der Waals surface area contributed by atoms with Crippen LogP contribution in [0.25, 0.3) is 0 Å². The highest BCUT2D eigenvalue weighted by molar-refractivity contribution is 5.54. The first kappa shape index (κ1) is 12.9. The van der Waals surface area contributed by atoms with Gasteiger partial charge in [0.15, 0.2) is 0 Å². The lowest BCUT2D eigenvalue weighted by molar-refractivity contribution is -0.0659. The van der Waals surface area contributed by atoms with Gasteiger partial charge in [0.1, 0.15) is 5.54 Å². The van der Waals surface area contributed by atoms with Crippen LogP contribution in [0.2, 0.25) is 0 Å². The summed E-state index contributed by atoms with van der Waals surface area (Å²) in [5.41, 5.74) is 1.44. The minimum Gasteiger partial charge on any atom is -0.375 e. The Morgan fingerprint density at radius 3 is 2.67 bits per heavy atom. The Labute approximate surface area is 109 Å². The number of aryl methyl sites for hydroxylation is 1. The second-order valence-electron chi connectivity index (χ2n) is 5.67. The summed E-state index contributed by atoms with van der Waals surface area (Å²) in [5, 5.41) is 13.0. The molecule has 1 fully saturated rings. The highest BCUT2D eigenvalue weighted by Crippen LogP contribution is 2.34. The van der Waals surface area contributed by atoms with Crippen LogP contribution in [0.1, 0.15) is 32.3 Å². The first-order valence-corrected chi connectivity index (χ1v) is 6.35. The van der Waals surface area contributed by atoms with E-state index in [0.717, 1.165) is 17.7 Å². The number of benzene rings is 1. The molecule has 0 amide bonds. The topological polar surface area (TPSA) is 45.0 Å². The first-order chi connectivity index (χ1) is 8.46. The maximum atomic E-state index is 9.56. The van der Waals surface area contributed by atoms with E-state index in [2.05, 4.69) is 24.4 Å². The van der Waals surface area contributed by atoms with Gasteiger partial charge >= 0.3 is 0 Å². The van der Waals surface area contributed by atoms with Gasteiger partial charge in [0, 0.05) is 18.5 Å². The molecule has 1 saturated heterocycles. The quantitative estimate of drug-likeness (QED) is 0.868. The van der Waals surface area contributed by atoms with Crippen molar-refractivity contribution in [2.75, 3.05) is 11.9 Å². The van der Waals surface area contributed by atoms with Gasteiger partial charge in [-0.05, 0) is 32.4 Å². The molecule has 1 heterocycles. The summed E-state index contributed by atoms with van der Waals surface area (Å²) < 4.78 is 5.70. The van der Waals surface area contributed by atoms with Crippen molar-refractivity contribution in [3.63, 3.8) is 0 Å². The number of anilines is 1. The Morgan fingerprint density at radius 1 is 1.33 bits per heavy atom. The highest BCUT2D eigenvalue weighted by Gasteiger charge is 2.41. The highest BCUT2D eigenvalue weighted by atomic mass is 16.5. The van der Waals surface area contributed by atoms with Crippen molar-refractivity contribution in [3.8, 4) is 6.07 Å². The maximum absolute atomic E-state index is 9.56. The number of nitrogens with zero attached hydrogens (tertiary/aromatic N) is 1. The Kier molecular flexibility index (Phi) is 3.32. The van der Waals surface area contributed by atoms with Crippen LogP contribution >= 0.6 is 0 Å². The Balaban J connectivity index is 2.24. The molecule has 0 bridgehead atoms. The van der Waals surface area contributed by atoms with Crippen molar-refractivity contribution >= 4 is 5.69 Å². The van der Waals surface area contributed by atoms with E-state index >= 15 is 0 Å². The van der Waals surface area contributed by atoms with Crippen molar-refractivity contribution in [1.29, 1.82) is 5.26 Å². The molecule has 1 unspecified atom stereocenters.